The number of fused-ring (bicyclic) bond motifs is 1. The molecule has 2 N–H and O–H groups in total. The largest absolute Gasteiger partial charge is 0.478 e. The topological polar surface area (TPSA) is 54.3 Å². The minimum Gasteiger partial charge on any atom is -0.478 e. The maximum atomic E-state index is 11.0. The summed E-state index contributed by atoms with van der Waals surface area (Å²) in [5.74, 6) is -0.913. The van der Waals surface area contributed by atoms with Gasteiger partial charge in [0.25, 0.3) is 0 Å². The zero-order chi connectivity index (χ0) is 14.8. The molecule has 0 spiro atoms. The number of benzene rings is 2. The molecule has 0 atom stereocenters. The van der Waals surface area contributed by atoms with Crippen molar-refractivity contribution in [2.24, 2.45) is 7.05 Å². The van der Waals surface area contributed by atoms with Crippen molar-refractivity contribution in [1.29, 1.82) is 0 Å². The predicted molar refractivity (Wildman–Crippen MR) is 83.6 cm³/mol. The molecular weight excluding hydrogens is 264 g/mol. The van der Waals surface area contributed by atoms with Crippen LogP contribution in [0.2, 0.25) is 0 Å². The summed E-state index contributed by atoms with van der Waals surface area (Å²) in [4.78, 5) is 11.0. The smallest absolute Gasteiger partial charge is 0.335 e. The Labute approximate surface area is 122 Å². The molecule has 4 nitrogen and oxygen atoms in total. The first-order valence-corrected chi connectivity index (χ1v) is 6.75. The van der Waals surface area contributed by atoms with Gasteiger partial charge in [0.15, 0.2) is 0 Å². The minimum absolute atomic E-state index is 0.290. The number of nitrogens with one attached hydrogen (secondary N) is 1. The second-order valence-electron chi connectivity index (χ2n) is 5.02. The van der Waals surface area contributed by atoms with Gasteiger partial charge in [0, 0.05) is 36.4 Å². The Kier molecular flexibility index (Phi) is 3.36. The molecule has 106 valence electrons. The average Bonchev–Trinajstić information content (AvgIpc) is 2.82. The maximum absolute atomic E-state index is 11.0. The lowest BCUT2D eigenvalue weighted by atomic mass is 10.1. The van der Waals surface area contributed by atoms with Gasteiger partial charge in [0.2, 0.25) is 0 Å². The molecule has 21 heavy (non-hydrogen) atoms. The lowest BCUT2D eigenvalue weighted by Crippen LogP contribution is -2.01. The van der Waals surface area contributed by atoms with Gasteiger partial charge in [-0.25, -0.2) is 4.79 Å². The molecule has 4 heteroatoms. The number of para-hydroxylation sites is 1. The number of aryl methyl sites for hydroxylation is 1. The predicted octanol–water partition coefficient (Wildman–Crippen LogP) is 3.49. The van der Waals surface area contributed by atoms with Crippen molar-refractivity contribution in [2.75, 3.05) is 5.32 Å². The van der Waals surface area contributed by atoms with Gasteiger partial charge in [-0.15, -0.1) is 0 Å². The summed E-state index contributed by atoms with van der Waals surface area (Å²) >= 11 is 0. The molecule has 0 aliphatic rings. The Morgan fingerprint density at radius 3 is 2.81 bits per heavy atom. The van der Waals surface area contributed by atoms with E-state index in [9.17, 15) is 4.79 Å². The fraction of sp³-hybridized carbons (Fsp3) is 0.118. The molecular formula is C17H16N2O2. The van der Waals surface area contributed by atoms with E-state index in [1.807, 2.05) is 25.2 Å². The molecule has 0 aliphatic heterocycles. The first kappa shape index (κ1) is 13.2. The summed E-state index contributed by atoms with van der Waals surface area (Å²) in [6.45, 7) is 0.657. The van der Waals surface area contributed by atoms with Crippen molar-refractivity contribution in [3.8, 4) is 0 Å². The van der Waals surface area contributed by atoms with Crippen LogP contribution in [-0.2, 0) is 13.6 Å². The average molecular weight is 280 g/mol. The van der Waals surface area contributed by atoms with Crippen LogP contribution in [0, 0.1) is 0 Å². The lowest BCUT2D eigenvalue weighted by Gasteiger charge is -2.06. The van der Waals surface area contributed by atoms with E-state index in [-0.39, 0.29) is 5.56 Å². The number of carboxylic acid groups (broad SMARTS) is 1. The van der Waals surface area contributed by atoms with Crippen LogP contribution in [0.5, 0.6) is 0 Å². The number of hydrogen-bond acceptors (Lipinski definition) is 2. The fourth-order valence-corrected chi connectivity index (χ4v) is 2.53. The van der Waals surface area contributed by atoms with Crippen LogP contribution in [0.25, 0.3) is 10.9 Å². The molecule has 3 aromatic rings. The molecule has 2 aromatic carbocycles. The number of rotatable bonds is 4. The van der Waals surface area contributed by atoms with Crippen LogP contribution in [0.1, 0.15) is 15.9 Å². The highest BCUT2D eigenvalue weighted by Crippen LogP contribution is 2.21. The van der Waals surface area contributed by atoms with Crippen LogP contribution < -0.4 is 5.32 Å². The summed E-state index contributed by atoms with van der Waals surface area (Å²) in [6.07, 6.45) is 2.10. The lowest BCUT2D eigenvalue weighted by molar-refractivity contribution is 0.0697. The molecule has 0 bridgehead atoms. The monoisotopic (exact) mass is 280 g/mol. The molecule has 1 heterocycles. The first-order valence-electron chi connectivity index (χ1n) is 6.75. The van der Waals surface area contributed by atoms with Gasteiger partial charge in [0.1, 0.15) is 0 Å². The van der Waals surface area contributed by atoms with Gasteiger partial charge in [-0.05, 0) is 29.8 Å². The molecule has 0 aliphatic carbocycles. The first-order chi connectivity index (χ1) is 10.1. The minimum atomic E-state index is -0.913. The van der Waals surface area contributed by atoms with Crippen molar-refractivity contribution in [1.82, 2.24) is 4.57 Å². The van der Waals surface area contributed by atoms with E-state index in [1.165, 1.54) is 16.5 Å². The number of nitrogens with zero attached hydrogens (tertiary/aromatic N) is 1. The molecule has 0 radical (unpaired) electrons. The summed E-state index contributed by atoms with van der Waals surface area (Å²) in [5.41, 5.74) is 3.48. The Balaban J connectivity index is 1.84. The number of anilines is 1. The normalized spacial score (nSPS) is 10.7. The molecule has 0 saturated carbocycles. The third-order valence-electron chi connectivity index (χ3n) is 3.57. The Bertz CT molecular complexity index is 805. The molecule has 0 fully saturated rings. The Morgan fingerprint density at radius 2 is 2.00 bits per heavy atom. The van der Waals surface area contributed by atoms with Crippen LogP contribution in [0.3, 0.4) is 0 Å². The number of carboxylic acids is 1. The van der Waals surface area contributed by atoms with Crippen molar-refractivity contribution in [2.45, 2.75) is 6.54 Å². The fourth-order valence-electron chi connectivity index (χ4n) is 2.53. The molecule has 0 amide bonds. The number of hydrogen-bond donors (Lipinski definition) is 2. The second-order valence-corrected chi connectivity index (χ2v) is 5.02. The van der Waals surface area contributed by atoms with Crippen LogP contribution >= 0.6 is 0 Å². The summed E-state index contributed by atoms with van der Waals surface area (Å²) in [6, 6.07) is 15.1. The van der Waals surface area contributed by atoms with Crippen LogP contribution in [-0.4, -0.2) is 15.6 Å². The van der Waals surface area contributed by atoms with Crippen molar-refractivity contribution in [3.05, 3.63) is 65.9 Å². The second kappa shape index (κ2) is 5.32. The van der Waals surface area contributed by atoms with E-state index < -0.39 is 5.97 Å². The highest BCUT2D eigenvalue weighted by Gasteiger charge is 2.06. The van der Waals surface area contributed by atoms with E-state index in [2.05, 4.69) is 28.2 Å². The highest BCUT2D eigenvalue weighted by atomic mass is 16.4. The number of aromatic carboxylic acids is 1. The number of carbonyl (C=O) groups is 1. The Hall–Kier alpha value is -2.75. The summed E-state index contributed by atoms with van der Waals surface area (Å²) < 4.78 is 2.10. The van der Waals surface area contributed by atoms with E-state index in [0.717, 1.165) is 5.69 Å². The SMILES string of the molecule is Cn1cc(CNc2cccc(C(=O)O)c2)c2ccccc21. The number of aromatic nitrogens is 1. The van der Waals surface area contributed by atoms with Gasteiger partial charge in [-0.1, -0.05) is 24.3 Å². The molecule has 1 aromatic heterocycles. The van der Waals surface area contributed by atoms with E-state index >= 15 is 0 Å². The molecule has 0 saturated heterocycles. The summed E-state index contributed by atoms with van der Waals surface area (Å²) in [5, 5.41) is 13.5. The van der Waals surface area contributed by atoms with Crippen LogP contribution in [0.4, 0.5) is 5.69 Å². The van der Waals surface area contributed by atoms with Crippen LogP contribution in [0.15, 0.2) is 54.7 Å². The van der Waals surface area contributed by atoms with Crippen molar-refractivity contribution >= 4 is 22.6 Å². The zero-order valence-corrected chi connectivity index (χ0v) is 11.7. The van der Waals surface area contributed by atoms with E-state index in [0.29, 0.717) is 6.54 Å². The molecule has 3 rings (SSSR count). The van der Waals surface area contributed by atoms with Gasteiger partial charge < -0.3 is 15.0 Å². The Morgan fingerprint density at radius 1 is 1.19 bits per heavy atom. The van der Waals surface area contributed by atoms with Gasteiger partial charge in [0.05, 0.1) is 5.56 Å². The maximum Gasteiger partial charge on any atom is 0.335 e. The third-order valence-corrected chi connectivity index (χ3v) is 3.57. The standard InChI is InChI=1S/C17H16N2O2/c1-19-11-13(15-7-2-3-8-16(15)19)10-18-14-6-4-5-12(9-14)17(20)21/h2-9,11,18H,10H2,1H3,(H,20,21). The highest BCUT2D eigenvalue weighted by molar-refractivity contribution is 5.89. The summed E-state index contributed by atoms with van der Waals surface area (Å²) in [7, 11) is 2.02. The van der Waals surface area contributed by atoms with E-state index in [4.69, 9.17) is 5.11 Å². The van der Waals surface area contributed by atoms with Crippen molar-refractivity contribution < 1.29 is 9.90 Å². The van der Waals surface area contributed by atoms with Gasteiger partial charge in [-0.2, -0.15) is 0 Å². The van der Waals surface area contributed by atoms with E-state index in [1.54, 1.807) is 18.2 Å². The van der Waals surface area contributed by atoms with Gasteiger partial charge in [-0.3, -0.25) is 0 Å². The van der Waals surface area contributed by atoms with Gasteiger partial charge >= 0.3 is 5.97 Å². The third kappa shape index (κ3) is 2.60. The quantitative estimate of drug-likeness (QED) is 0.769. The molecule has 0 unspecified atom stereocenters. The van der Waals surface area contributed by atoms with Crippen molar-refractivity contribution in [3.63, 3.8) is 0 Å². The zero-order valence-electron chi connectivity index (χ0n) is 11.7.